The van der Waals surface area contributed by atoms with Crippen molar-refractivity contribution in [1.29, 1.82) is 0 Å². The maximum atomic E-state index is 3.44. The minimum absolute atomic E-state index is 1.15. The summed E-state index contributed by atoms with van der Waals surface area (Å²) < 4.78 is 0. The Labute approximate surface area is 94.0 Å². The van der Waals surface area contributed by atoms with E-state index in [9.17, 15) is 0 Å². The molecule has 0 atom stereocenters. The molecule has 0 saturated carbocycles. The molecule has 84 valence electrons. The minimum atomic E-state index is 1.15. The number of hydrogen-bond donors (Lipinski definition) is 1. The third-order valence-corrected chi connectivity index (χ3v) is 2.76. The molecule has 0 aromatic carbocycles. The van der Waals surface area contributed by atoms with Gasteiger partial charge in [0.1, 0.15) is 0 Å². The third-order valence-electron chi connectivity index (χ3n) is 2.76. The van der Waals surface area contributed by atoms with Gasteiger partial charge in [0.25, 0.3) is 0 Å². The molecule has 0 aromatic heterocycles. The van der Waals surface area contributed by atoms with Gasteiger partial charge in [-0.3, -0.25) is 0 Å². The van der Waals surface area contributed by atoms with Gasteiger partial charge in [0.05, 0.1) is 0 Å². The van der Waals surface area contributed by atoms with Gasteiger partial charge >= 0.3 is 0 Å². The Hall–Kier alpha value is -0.980. The summed E-state index contributed by atoms with van der Waals surface area (Å²) in [5.74, 6) is 0. The number of unbranched alkanes of at least 4 members (excludes halogenated alkanes) is 1. The number of nitrogens with one attached hydrogen (secondary N) is 1. The van der Waals surface area contributed by atoms with Crippen molar-refractivity contribution in [3.8, 4) is 0 Å². The highest BCUT2D eigenvalue weighted by molar-refractivity contribution is 5.15. The van der Waals surface area contributed by atoms with E-state index in [2.05, 4.69) is 43.6 Å². The van der Waals surface area contributed by atoms with Crippen molar-refractivity contribution in [2.75, 3.05) is 0 Å². The molecule has 0 aromatic rings. The maximum Gasteiger partial charge on any atom is 0.0138 e. The molecule has 0 radical (unpaired) electrons. The first-order chi connectivity index (χ1) is 7.34. The predicted octanol–water partition coefficient (Wildman–Crippen LogP) is 4.29. The van der Waals surface area contributed by atoms with Crippen LogP contribution >= 0.6 is 0 Å². The summed E-state index contributed by atoms with van der Waals surface area (Å²) in [6.45, 7) is 4.45. The van der Waals surface area contributed by atoms with Crippen molar-refractivity contribution < 1.29 is 0 Å². The molecule has 15 heavy (non-hydrogen) atoms. The molecular formula is C14H23N. The van der Waals surface area contributed by atoms with Gasteiger partial charge in [-0.25, -0.2) is 0 Å². The molecule has 1 heteroatoms. The van der Waals surface area contributed by atoms with Gasteiger partial charge in [0.15, 0.2) is 0 Å². The first kappa shape index (κ1) is 12.1. The van der Waals surface area contributed by atoms with E-state index < -0.39 is 0 Å². The normalized spacial score (nSPS) is 24.9. The van der Waals surface area contributed by atoms with Crippen LogP contribution in [0.2, 0.25) is 0 Å². The third kappa shape index (κ3) is 4.87. The number of rotatable bonds is 4. The molecule has 0 aliphatic heterocycles. The van der Waals surface area contributed by atoms with E-state index in [-0.39, 0.29) is 0 Å². The molecule has 0 spiro atoms. The van der Waals surface area contributed by atoms with Crippen molar-refractivity contribution in [3.05, 3.63) is 35.7 Å². The zero-order valence-corrected chi connectivity index (χ0v) is 10.1. The fourth-order valence-corrected chi connectivity index (χ4v) is 1.73. The van der Waals surface area contributed by atoms with E-state index in [1.165, 1.54) is 43.4 Å². The highest BCUT2D eigenvalue weighted by atomic mass is 14.8. The summed E-state index contributed by atoms with van der Waals surface area (Å²) >= 11 is 0. The van der Waals surface area contributed by atoms with Crippen LogP contribution in [0, 0.1) is 0 Å². The molecule has 1 N–H and O–H groups in total. The Morgan fingerprint density at radius 3 is 2.73 bits per heavy atom. The van der Waals surface area contributed by atoms with E-state index in [1.807, 2.05) is 0 Å². The zero-order valence-electron chi connectivity index (χ0n) is 10.1. The van der Waals surface area contributed by atoms with Gasteiger partial charge in [0, 0.05) is 5.70 Å². The Kier molecular flexibility index (Phi) is 5.91. The van der Waals surface area contributed by atoms with Gasteiger partial charge in [-0.2, -0.15) is 0 Å². The van der Waals surface area contributed by atoms with Crippen molar-refractivity contribution in [3.63, 3.8) is 0 Å². The molecule has 1 rings (SSSR count). The summed E-state index contributed by atoms with van der Waals surface area (Å²) in [6.07, 6.45) is 16.0. The Morgan fingerprint density at radius 1 is 1.27 bits per heavy atom. The summed E-state index contributed by atoms with van der Waals surface area (Å²) in [4.78, 5) is 0. The van der Waals surface area contributed by atoms with Crippen LogP contribution in [0.1, 0.15) is 52.4 Å². The summed E-state index contributed by atoms with van der Waals surface area (Å²) in [5, 5.41) is 3.44. The van der Waals surface area contributed by atoms with Gasteiger partial charge < -0.3 is 5.32 Å². The topological polar surface area (TPSA) is 12.0 Å². The molecule has 0 heterocycles. The average molecular weight is 205 g/mol. The second-order valence-electron chi connectivity index (χ2n) is 4.14. The smallest absolute Gasteiger partial charge is 0.0138 e. The first-order valence-electron chi connectivity index (χ1n) is 6.09. The van der Waals surface area contributed by atoms with Gasteiger partial charge in [-0.15, -0.1) is 0 Å². The second kappa shape index (κ2) is 7.33. The van der Waals surface area contributed by atoms with E-state index >= 15 is 0 Å². The lowest BCUT2D eigenvalue weighted by Gasteiger charge is -2.13. The Balaban J connectivity index is 2.45. The second-order valence-corrected chi connectivity index (χ2v) is 4.14. The fraction of sp³-hybridized carbons (Fsp3) is 0.571. The molecule has 1 aliphatic carbocycles. The first-order valence-corrected chi connectivity index (χ1v) is 6.09. The van der Waals surface area contributed by atoms with Gasteiger partial charge in [-0.1, -0.05) is 37.1 Å². The standard InChI is InChI=1S/C14H23N/c1-3-4-9-12-15-14-11-8-6-5-7-10-13(14)2/h5-6,9,12,15H,3-4,7-8,10-11H2,1-2H3/b6-5+,12-9+,14-13+. The molecule has 0 amide bonds. The lowest BCUT2D eigenvalue weighted by Crippen LogP contribution is -2.08. The van der Waals surface area contributed by atoms with Crippen molar-refractivity contribution in [1.82, 2.24) is 5.32 Å². The van der Waals surface area contributed by atoms with Crippen molar-refractivity contribution in [2.45, 2.75) is 52.4 Å². The molecule has 1 aliphatic rings. The molecule has 1 nitrogen and oxygen atoms in total. The van der Waals surface area contributed by atoms with Crippen LogP contribution in [0.4, 0.5) is 0 Å². The summed E-state index contributed by atoms with van der Waals surface area (Å²) in [7, 11) is 0. The van der Waals surface area contributed by atoms with Crippen LogP contribution in [-0.2, 0) is 0 Å². The quantitative estimate of drug-likeness (QED) is 0.675. The summed E-state index contributed by atoms with van der Waals surface area (Å²) in [5.41, 5.74) is 2.94. The van der Waals surface area contributed by atoms with E-state index in [1.54, 1.807) is 0 Å². The van der Waals surface area contributed by atoms with Crippen molar-refractivity contribution in [2.24, 2.45) is 0 Å². The van der Waals surface area contributed by atoms with Crippen molar-refractivity contribution >= 4 is 0 Å². The molecule has 0 unspecified atom stereocenters. The van der Waals surface area contributed by atoms with E-state index in [4.69, 9.17) is 0 Å². The Bertz CT molecular complexity index is 259. The largest absolute Gasteiger partial charge is 0.365 e. The molecular weight excluding hydrogens is 182 g/mol. The zero-order chi connectivity index (χ0) is 10.9. The minimum Gasteiger partial charge on any atom is -0.365 e. The predicted molar refractivity (Wildman–Crippen MR) is 67.5 cm³/mol. The van der Waals surface area contributed by atoms with Crippen LogP contribution in [0.3, 0.4) is 0 Å². The van der Waals surface area contributed by atoms with Gasteiger partial charge in [-0.05, 0) is 45.2 Å². The molecule has 0 saturated heterocycles. The average Bonchev–Trinajstić information content (AvgIpc) is 2.22. The number of allylic oxidation sites excluding steroid dienone is 5. The highest BCUT2D eigenvalue weighted by Gasteiger charge is 2.02. The fourth-order valence-electron chi connectivity index (χ4n) is 1.73. The lowest BCUT2D eigenvalue weighted by molar-refractivity contribution is 0.803. The van der Waals surface area contributed by atoms with Crippen LogP contribution in [0.25, 0.3) is 0 Å². The van der Waals surface area contributed by atoms with Gasteiger partial charge in [0.2, 0.25) is 0 Å². The molecule has 0 bridgehead atoms. The van der Waals surface area contributed by atoms with E-state index in [0.29, 0.717) is 0 Å². The SMILES string of the molecule is CCC/C=C/N/C1=C(\C)CC/C=C/CC1. The monoisotopic (exact) mass is 205 g/mol. The summed E-state index contributed by atoms with van der Waals surface area (Å²) in [6, 6.07) is 0. The number of hydrogen-bond acceptors (Lipinski definition) is 1. The molecule has 0 fully saturated rings. The maximum absolute atomic E-state index is 3.44. The van der Waals surface area contributed by atoms with Crippen LogP contribution < -0.4 is 5.32 Å². The van der Waals surface area contributed by atoms with E-state index in [0.717, 1.165) is 6.42 Å². The Morgan fingerprint density at radius 2 is 2.00 bits per heavy atom. The lowest BCUT2D eigenvalue weighted by atomic mass is 10.0. The van der Waals surface area contributed by atoms with Crippen LogP contribution in [-0.4, -0.2) is 0 Å². The van der Waals surface area contributed by atoms with Crippen LogP contribution in [0.5, 0.6) is 0 Å². The van der Waals surface area contributed by atoms with Crippen LogP contribution in [0.15, 0.2) is 35.7 Å². The highest BCUT2D eigenvalue weighted by Crippen LogP contribution is 2.17.